The maximum Gasteiger partial charge on any atom is 0.307 e. The summed E-state index contributed by atoms with van der Waals surface area (Å²) in [5.41, 5.74) is 6.44. The molecule has 7 nitrogen and oxygen atoms in total. The van der Waals surface area contributed by atoms with Gasteiger partial charge < -0.3 is 20.3 Å². The summed E-state index contributed by atoms with van der Waals surface area (Å²) < 4.78 is 5.61. The first kappa shape index (κ1) is 23.3. The minimum Gasteiger partial charge on any atom is -0.469 e. The van der Waals surface area contributed by atoms with E-state index in [2.05, 4.69) is 15.9 Å². The summed E-state index contributed by atoms with van der Waals surface area (Å²) in [6.45, 7) is 6.41. The molecule has 8 heteroatoms. The quantitative estimate of drug-likeness (QED) is 0.649. The summed E-state index contributed by atoms with van der Waals surface area (Å²) in [4.78, 5) is 41.2. The van der Waals surface area contributed by atoms with Crippen molar-refractivity contribution in [1.29, 1.82) is 0 Å². The molecule has 2 atom stereocenters. The van der Waals surface area contributed by atoms with Crippen LogP contribution in [0, 0.1) is 5.41 Å². The summed E-state index contributed by atoms with van der Waals surface area (Å²) >= 11 is 3.39. The minimum atomic E-state index is -0.688. The molecule has 1 aliphatic heterocycles. The smallest absolute Gasteiger partial charge is 0.307 e. The van der Waals surface area contributed by atoms with Crippen LogP contribution >= 0.6 is 15.9 Å². The largest absolute Gasteiger partial charge is 0.469 e. The second-order valence-corrected chi connectivity index (χ2v) is 9.24. The van der Waals surface area contributed by atoms with Crippen molar-refractivity contribution >= 4 is 39.4 Å². The summed E-state index contributed by atoms with van der Waals surface area (Å²) in [7, 11) is 1.32. The number of nitrogens with zero attached hydrogens (tertiary/aromatic N) is 2. The lowest BCUT2D eigenvalue weighted by atomic mass is 9.86. The number of amides is 2. The lowest BCUT2D eigenvalue weighted by Gasteiger charge is -2.34. The van der Waals surface area contributed by atoms with Gasteiger partial charge in [-0.05, 0) is 42.5 Å². The summed E-state index contributed by atoms with van der Waals surface area (Å²) in [5.74, 6) is -0.811. The molecule has 29 heavy (non-hydrogen) atoms. The summed E-state index contributed by atoms with van der Waals surface area (Å²) in [6.07, 6.45) is 1.39. The van der Waals surface area contributed by atoms with Gasteiger partial charge in [0.2, 0.25) is 11.8 Å². The molecule has 0 unspecified atom stereocenters. The Morgan fingerprint density at radius 3 is 2.45 bits per heavy atom. The van der Waals surface area contributed by atoms with Gasteiger partial charge in [-0.25, -0.2) is 0 Å². The molecular formula is C21H30BrN3O4. The molecule has 2 rings (SSSR count). The number of anilines is 1. The van der Waals surface area contributed by atoms with Crippen LogP contribution in [0.3, 0.4) is 0 Å². The number of nitrogens with two attached hydrogens (primary N) is 1. The van der Waals surface area contributed by atoms with E-state index in [1.807, 2.05) is 32.9 Å². The molecule has 1 aliphatic rings. The number of methoxy groups -OCH3 is 1. The molecule has 1 heterocycles. The maximum atomic E-state index is 13.4. The van der Waals surface area contributed by atoms with Crippen LogP contribution in [0.2, 0.25) is 0 Å². The third-order valence-corrected chi connectivity index (χ3v) is 5.72. The van der Waals surface area contributed by atoms with Crippen LogP contribution in [0.15, 0.2) is 28.7 Å². The Labute approximate surface area is 180 Å². The second kappa shape index (κ2) is 9.71. The topological polar surface area (TPSA) is 92.9 Å². The number of ether oxygens (including phenoxy) is 1. The van der Waals surface area contributed by atoms with E-state index in [1.54, 1.807) is 21.9 Å². The highest BCUT2D eigenvalue weighted by Crippen LogP contribution is 2.27. The first-order valence-electron chi connectivity index (χ1n) is 9.76. The highest BCUT2D eigenvalue weighted by molar-refractivity contribution is 9.10. The number of hydrogen-bond donors (Lipinski definition) is 1. The van der Waals surface area contributed by atoms with Gasteiger partial charge in [0.05, 0.1) is 19.6 Å². The van der Waals surface area contributed by atoms with Crippen LogP contribution in [-0.2, 0) is 19.1 Å². The molecule has 0 spiro atoms. The van der Waals surface area contributed by atoms with Crippen LogP contribution in [0.25, 0.3) is 0 Å². The van der Waals surface area contributed by atoms with Crippen molar-refractivity contribution in [3.63, 3.8) is 0 Å². The van der Waals surface area contributed by atoms with E-state index in [9.17, 15) is 14.4 Å². The molecule has 0 bridgehead atoms. The highest BCUT2D eigenvalue weighted by Gasteiger charge is 2.41. The summed E-state index contributed by atoms with van der Waals surface area (Å²) in [5, 5.41) is 0. The highest BCUT2D eigenvalue weighted by atomic mass is 79.9. The maximum absolute atomic E-state index is 13.4. The third-order valence-electron chi connectivity index (χ3n) is 5.19. The molecule has 1 aromatic carbocycles. The number of hydrogen-bond acceptors (Lipinski definition) is 5. The molecular weight excluding hydrogens is 438 g/mol. The lowest BCUT2D eigenvalue weighted by molar-refractivity contribution is -0.141. The van der Waals surface area contributed by atoms with Crippen LogP contribution in [0.1, 0.15) is 40.0 Å². The SMILES string of the molecule is COC(=O)CCN(C(=O)[C@@H]1CCCN1C(=O)[C@@H](N)C(C)(C)C)c1ccc(Br)cc1. The Hall–Kier alpha value is -1.93. The number of carbonyl (C=O) groups excluding carboxylic acids is 3. The number of benzene rings is 1. The fourth-order valence-corrected chi connectivity index (χ4v) is 3.57. The Morgan fingerprint density at radius 1 is 1.28 bits per heavy atom. The molecule has 0 radical (unpaired) electrons. The van der Waals surface area contributed by atoms with Crippen molar-refractivity contribution in [2.75, 3.05) is 25.1 Å². The van der Waals surface area contributed by atoms with E-state index in [4.69, 9.17) is 10.5 Å². The number of halogens is 1. The number of carbonyl (C=O) groups is 3. The molecule has 2 amide bonds. The molecule has 2 N–H and O–H groups in total. The fraction of sp³-hybridized carbons (Fsp3) is 0.571. The van der Waals surface area contributed by atoms with Crippen molar-refractivity contribution in [2.24, 2.45) is 11.1 Å². The zero-order chi connectivity index (χ0) is 21.8. The molecule has 1 aromatic rings. The Bertz CT molecular complexity index is 745. The number of rotatable bonds is 6. The van der Waals surface area contributed by atoms with Gasteiger partial charge in [-0.2, -0.15) is 0 Å². The van der Waals surface area contributed by atoms with E-state index < -0.39 is 23.5 Å². The van der Waals surface area contributed by atoms with Crippen molar-refractivity contribution in [1.82, 2.24) is 4.90 Å². The normalized spacial score (nSPS) is 17.7. The van der Waals surface area contributed by atoms with E-state index in [0.717, 1.165) is 10.9 Å². The monoisotopic (exact) mass is 467 g/mol. The van der Waals surface area contributed by atoms with Crippen LogP contribution < -0.4 is 10.6 Å². The Kier molecular flexibility index (Phi) is 7.82. The number of likely N-dealkylation sites (tertiary alicyclic amines) is 1. The molecule has 0 aromatic heterocycles. The van der Waals surface area contributed by atoms with Gasteiger partial charge in [0.25, 0.3) is 0 Å². The van der Waals surface area contributed by atoms with Crippen molar-refractivity contribution < 1.29 is 19.1 Å². The van der Waals surface area contributed by atoms with Gasteiger partial charge in [-0.1, -0.05) is 36.7 Å². The molecule has 1 fully saturated rings. The van der Waals surface area contributed by atoms with Crippen molar-refractivity contribution in [3.05, 3.63) is 28.7 Å². The van der Waals surface area contributed by atoms with Gasteiger partial charge in [0.15, 0.2) is 0 Å². The Morgan fingerprint density at radius 2 is 1.90 bits per heavy atom. The minimum absolute atomic E-state index is 0.0699. The molecule has 1 saturated heterocycles. The second-order valence-electron chi connectivity index (χ2n) is 8.33. The van der Waals surface area contributed by atoms with E-state index in [0.29, 0.717) is 18.7 Å². The van der Waals surface area contributed by atoms with Gasteiger partial charge in [-0.3, -0.25) is 14.4 Å². The first-order valence-corrected chi connectivity index (χ1v) is 10.6. The predicted octanol–water partition coefficient (Wildman–Crippen LogP) is 2.71. The summed E-state index contributed by atoms with van der Waals surface area (Å²) in [6, 6.07) is 6.01. The average molecular weight is 468 g/mol. The zero-order valence-electron chi connectivity index (χ0n) is 17.5. The van der Waals surface area contributed by atoms with E-state index in [-0.39, 0.29) is 24.8 Å². The zero-order valence-corrected chi connectivity index (χ0v) is 19.1. The number of esters is 1. The predicted molar refractivity (Wildman–Crippen MR) is 115 cm³/mol. The molecule has 0 saturated carbocycles. The van der Waals surface area contributed by atoms with Gasteiger partial charge in [-0.15, -0.1) is 0 Å². The third kappa shape index (κ3) is 5.79. The average Bonchev–Trinajstić information content (AvgIpc) is 3.16. The van der Waals surface area contributed by atoms with Crippen LogP contribution in [0.4, 0.5) is 5.69 Å². The first-order chi connectivity index (χ1) is 13.6. The van der Waals surface area contributed by atoms with Gasteiger partial charge in [0.1, 0.15) is 6.04 Å². The van der Waals surface area contributed by atoms with E-state index in [1.165, 1.54) is 7.11 Å². The fourth-order valence-electron chi connectivity index (χ4n) is 3.31. The van der Waals surface area contributed by atoms with Crippen LogP contribution in [-0.4, -0.2) is 55.0 Å². The van der Waals surface area contributed by atoms with Gasteiger partial charge in [0, 0.05) is 23.2 Å². The van der Waals surface area contributed by atoms with Crippen molar-refractivity contribution in [2.45, 2.75) is 52.1 Å². The Balaban J connectivity index is 2.27. The molecule has 0 aliphatic carbocycles. The lowest BCUT2D eigenvalue weighted by Crippen LogP contribution is -2.55. The van der Waals surface area contributed by atoms with Crippen LogP contribution in [0.5, 0.6) is 0 Å². The van der Waals surface area contributed by atoms with Crippen molar-refractivity contribution in [3.8, 4) is 0 Å². The van der Waals surface area contributed by atoms with Gasteiger partial charge >= 0.3 is 5.97 Å². The standard InChI is InChI=1S/C21H30BrN3O4/c1-21(2,3)18(23)20(28)25-12-5-6-16(25)19(27)24(13-11-17(26)29-4)15-9-7-14(22)8-10-15/h7-10,16,18H,5-6,11-13,23H2,1-4H3/t16-,18+/m0/s1. The molecule has 160 valence electrons. The van der Waals surface area contributed by atoms with E-state index >= 15 is 0 Å².